The zero-order chi connectivity index (χ0) is 13.5. The Morgan fingerprint density at radius 2 is 1.90 bits per heavy atom. The fraction of sp³-hybridized carbons (Fsp3) is 0.333. The molecule has 3 atom stereocenters. The number of fused-ring (bicyclic) bond motifs is 3. The molecule has 0 spiro atoms. The average molecular weight is 284 g/mol. The number of halogens is 1. The van der Waals surface area contributed by atoms with Gasteiger partial charge in [-0.25, -0.2) is 0 Å². The molecule has 1 aliphatic heterocycles. The lowest BCUT2D eigenvalue weighted by atomic mass is 9.73. The van der Waals surface area contributed by atoms with E-state index in [4.69, 9.17) is 11.6 Å². The van der Waals surface area contributed by atoms with Crippen LogP contribution in [0.15, 0.2) is 48.5 Å². The Kier molecular flexibility index (Phi) is 3.05. The number of hydrogen-bond donors (Lipinski definition) is 1. The lowest BCUT2D eigenvalue weighted by molar-refractivity contribution is 0.467. The molecule has 2 aromatic carbocycles. The maximum Gasteiger partial charge on any atom is 0.0409 e. The van der Waals surface area contributed by atoms with Crippen molar-refractivity contribution in [3.63, 3.8) is 0 Å². The van der Waals surface area contributed by atoms with E-state index in [1.54, 1.807) is 0 Å². The summed E-state index contributed by atoms with van der Waals surface area (Å²) in [4.78, 5) is 0. The summed E-state index contributed by atoms with van der Waals surface area (Å²) in [5, 5.41) is 4.59. The first kappa shape index (κ1) is 12.4. The van der Waals surface area contributed by atoms with Crippen molar-refractivity contribution >= 4 is 11.6 Å². The first-order chi connectivity index (χ1) is 9.83. The standard InChI is InChI=1S/C18H18ClN/c19-14-8-6-13-7-9-17-18(15(13)10-14)16(11-20-17)12-4-2-1-3-5-12/h1-6,8,10,16-18,20H,7,9,11H2/t16-,17-,18-/m1/s1. The summed E-state index contributed by atoms with van der Waals surface area (Å²) in [5.74, 6) is 1.14. The number of aryl methyl sites for hydroxylation is 1. The van der Waals surface area contributed by atoms with Gasteiger partial charge in [-0.1, -0.05) is 48.0 Å². The Balaban J connectivity index is 1.79. The van der Waals surface area contributed by atoms with E-state index in [9.17, 15) is 0 Å². The molecular weight excluding hydrogens is 266 g/mol. The molecule has 0 amide bonds. The Morgan fingerprint density at radius 3 is 2.75 bits per heavy atom. The van der Waals surface area contributed by atoms with Crippen LogP contribution in [0.4, 0.5) is 0 Å². The van der Waals surface area contributed by atoms with Crippen molar-refractivity contribution in [2.75, 3.05) is 6.54 Å². The quantitative estimate of drug-likeness (QED) is 0.830. The van der Waals surface area contributed by atoms with Crippen molar-refractivity contribution in [1.29, 1.82) is 0 Å². The van der Waals surface area contributed by atoms with Gasteiger partial charge in [0.2, 0.25) is 0 Å². The highest BCUT2D eigenvalue weighted by atomic mass is 35.5. The minimum absolute atomic E-state index is 0.568. The van der Waals surface area contributed by atoms with Gasteiger partial charge in [-0.2, -0.15) is 0 Å². The molecule has 1 N–H and O–H groups in total. The van der Waals surface area contributed by atoms with Crippen molar-refractivity contribution in [2.24, 2.45) is 0 Å². The van der Waals surface area contributed by atoms with Crippen molar-refractivity contribution in [3.05, 3.63) is 70.2 Å². The summed E-state index contributed by atoms with van der Waals surface area (Å²) in [5.41, 5.74) is 4.40. The Labute approximate surface area is 125 Å². The smallest absolute Gasteiger partial charge is 0.0409 e. The van der Waals surface area contributed by atoms with Crippen LogP contribution in [-0.2, 0) is 6.42 Å². The predicted molar refractivity (Wildman–Crippen MR) is 83.5 cm³/mol. The first-order valence-corrected chi connectivity index (χ1v) is 7.77. The SMILES string of the molecule is Clc1ccc2c(c1)[C@@H]1[C@@H](c3ccccc3)CN[C@@H]1CC2. The van der Waals surface area contributed by atoms with Crippen molar-refractivity contribution in [3.8, 4) is 0 Å². The molecule has 0 aromatic heterocycles. The van der Waals surface area contributed by atoms with Crippen LogP contribution in [0.1, 0.15) is 34.9 Å². The highest BCUT2D eigenvalue weighted by molar-refractivity contribution is 6.30. The highest BCUT2D eigenvalue weighted by Crippen LogP contribution is 2.45. The maximum absolute atomic E-state index is 6.24. The Morgan fingerprint density at radius 1 is 1.05 bits per heavy atom. The van der Waals surface area contributed by atoms with E-state index in [0.717, 1.165) is 11.6 Å². The second-order valence-corrected chi connectivity index (χ2v) is 6.38. The summed E-state index contributed by atoms with van der Waals surface area (Å²) in [6.45, 7) is 1.07. The Hall–Kier alpha value is -1.31. The molecule has 102 valence electrons. The van der Waals surface area contributed by atoms with Crippen LogP contribution in [0.25, 0.3) is 0 Å². The molecule has 0 radical (unpaired) electrons. The molecule has 20 heavy (non-hydrogen) atoms. The first-order valence-electron chi connectivity index (χ1n) is 7.39. The number of benzene rings is 2. The van der Waals surface area contributed by atoms with E-state index >= 15 is 0 Å². The molecule has 4 rings (SSSR count). The van der Waals surface area contributed by atoms with E-state index in [2.05, 4.69) is 47.8 Å². The summed E-state index contributed by atoms with van der Waals surface area (Å²) in [6.07, 6.45) is 2.41. The van der Waals surface area contributed by atoms with Gasteiger partial charge in [0.05, 0.1) is 0 Å². The average Bonchev–Trinajstić information content (AvgIpc) is 2.92. The second kappa shape index (κ2) is 4.91. The van der Waals surface area contributed by atoms with Gasteiger partial charge < -0.3 is 5.32 Å². The van der Waals surface area contributed by atoms with E-state index in [0.29, 0.717) is 17.9 Å². The van der Waals surface area contributed by atoms with E-state index in [1.807, 2.05) is 6.07 Å². The van der Waals surface area contributed by atoms with Crippen LogP contribution in [0.3, 0.4) is 0 Å². The van der Waals surface area contributed by atoms with Crippen molar-refractivity contribution in [1.82, 2.24) is 5.32 Å². The van der Waals surface area contributed by atoms with Crippen molar-refractivity contribution in [2.45, 2.75) is 30.7 Å². The molecule has 1 saturated heterocycles. The van der Waals surface area contributed by atoms with E-state index < -0.39 is 0 Å². The maximum atomic E-state index is 6.24. The van der Waals surface area contributed by atoms with Crippen LogP contribution in [0, 0.1) is 0 Å². The number of nitrogens with one attached hydrogen (secondary N) is 1. The minimum atomic E-state index is 0.568. The zero-order valence-corrected chi connectivity index (χ0v) is 12.1. The van der Waals surface area contributed by atoms with Crippen LogP contribution in [0.2, 0.25) is 5.02 Å². The summed E-state index contributed by atoms with van der Waals surface area (Å²) in [6, 6.07) is 17.9. The fourth-order valence-corrected chi connectivity index (χ4v) is 4.15. The normalized spacial score (nSPS) is 27.9. The molecule has 1 nitrogen and oxygen atoms in total. The van der Waals surface area contributed by atoms with Gasteiger partial charge in [0, 0.05) is 29.4 Å². The van der Waals surface area contributed by atoms with Crippen LogP contribution < -0.4 is 5.32 Å². The summed E-state index contributed by atoms with van der Waals surface area (Å²) >= 11 is 6.24. The van der Waals surface area contributed by atoms with E-state index in [1.165, 1.54) is 29.5 Å². The molecule has 0 unspecified atom stereocenters. The monoisotopic (exact) mass is 283 g/mol. The Bertz CT molecular complexity index is 623. The van der Waals surface area contributed by atoms with E-state index in [-0.39, 0.29) is 0 Å². The summed E-state index contributed by atoms with van der Waals surface area (Å²) in [7, 11) is 0. The molecule has 1 fully saturated rings. The third-order valence-corrected chi connectivity index (χ3v) is 5.12. The number of rotatable bonds is 1. The van der Waals surface area contributed by atoms with Crippen LogP contribution in [0.5, 0.6) is 0 Å². The molecule has 0 bridgehead atoms. The molecule has 2 aromatic rings. The third kappa shape index (κ3) is 1.97. The lowest BCUT2D eigenvalue weighted by Gasteiger charge is -2.31. The molecule has 2 heteroatoms. The van der Waals surface area contributed by atoms with Crippen molar-refractivity contribution < 1.29 is 0 Å². The molecule has 0 saturated carbocycles. The van der Waals surface area contributed by atoms with Gasteiger partial charge in [0.25, 0.3) is 0 Å². The topological polar surface area (TPSA) is 12.0 Å². The minimum Gasteiger partial charge on any atom is -0.313 e. The molecule has 1 heterocycles. The molecule has 2 aliphatic rings. The summed E-state index contributed by atoms with van der Waals surface area (Å²) < 4.78 is 0. The van der Waals surface area contributed by atoms with Gasteiger partial charge >= 0.3 is 0 Å². The predicted octanol–water partition coefficient (Wildman–Crippen LogP) is 4.13. The zero-order valence-electron chi connectivity index (χ0n) is 11.4. The highest BCUT2D eigenvalue weighted by Gasteiger charge is 2.40. The van der Waals surface area contributed by atoms with Gasteiger partial charge in [-0.05, 0) is 41.7 Å². The molecular formula is C18H18ClN. The van der Waals surface area contributed by atoms with Crippen LogP contribution in [-0.4, -0.2) is 12.6 Å². The van der Waals surface area contributed by atoms with Gasteiger partial charge in [0.1, 0.15) is 0 Å². The fourth-order valence-electron chi connectivity index (χ4n) is 3.97. The third-order valence-electron chi connectivity index (χ3n) is 4.89. The van der Waals surface area contributed by atoms with Gasteiger partial charge in [-0.3, -0.25) is 0 Å². The largest absolute Gasteiger partial charge is 0.313 e. The number of hydrogen-bond acceptors (Lipinski definition) is 1. The van der Waals surface area contributed by atoms with Crippen LogP contribution >= 0.6 is 11.6 Å². The lowest BCUT2D eigenvalue weighted by Crippen LogP contribution is -2.30. The van der Waals surface area contributed by atoms with Gasteiger partial charge in [-0.15, -0.1) is 0 Å². The molecule has 1 aliphatic carbocycles. The second-order valence-electron chi connectivity index (χ2n) is 5.94. The van der Waals surface area contributed by atoms with Gasteiger partial charge in [0.15, 0.2) is 0 Å².